The van der Waals surface area contributed by atoms with Crippen LogP contribution in [-0.4, -0.2) is 42.3 Å². The van der Waals surface area contributed by atoms with Crippen LogP contribution < -0.4 is 5.32 Å². The van der Waals surface area contributed by atoms with Gasteiger partial charge in [-0.15, -0.1) is 22.7 Å². The fourth-order valence-corrected chi connectivity index (χ4v) is 3.81. The summed E-state index contributed by atoms with van der Waals surface area (Å²) in [7, 11) is 3.31. The molecule has 0 aliphatic rings. The quantitative estimate of drug-likeness (QED) is 0.856. The van der Waals surface area contributed by atoms with E-state index in [1.165, 1.54) is 16.2 Å². The van der Waals surface area contributed by atoms with Gasteiger partial charge in [0, 0.05) is 29.3 Å². The van der Waals surface area contributed by atoms with Crippen LogP contribution in [0.5, 0.6) is 0 Å². The van der Waals surface area contributed by atoms with Gasteiger partial charge in [0.05, 0.1) is 23.5 Å². The van der Waals surface area contributed by atoms with E-state index in [1.54, 1.807) is 25.4 Å². The van der Waals surface area contributed by atoms with Crippen LogP contribution in [0.3, 0.4) is 0 Å². The van der Waals surface area contributed by atoms with Gasteiger partial charge in [-0.1, -0.05) is 0 Å². The van der Waals surface area contributed by atoms with Crippen molar-refractivity contribution >= 4 is 50.4 Å². The van der Waals surface area contributed by atoms with Gasteiger partial charge in [-0.2, -0.15) is 0 Å². The molecular weight excluding hydrogens is 374 g/mol. The topological polar surface area (TPSA) is 62.3 Å². The van der Waals surface area contributed by atoms with Crippen LogP contribution in [0, 0.1) is 0 Å². The summed E-state index contributed by atoms with van der Waals surface area (Å²) in [5.74, 6) is -0.333. The normalized spacial score (nSPS) is 10.4. The highest BCUT2D eigenvalue weighted by molar-refractivity contribution is 9.10. The molecule has 2 aromatic rings. The summed E-state index contributed by atoms with van der Waals surface area (Å²) in [5.41, 5.74) is 0.717. The second-order valence-electron chi connectivity index (χ2n) is 4.51. The van der Waals surface area contributed by atoms with Crippen molar-refractivity contribution < 1.29 is 9.59 Å². The van der Waals surface area contributed by atoms with Gasteiger partial charge >= 0.3 is 0 Å². The molecule has 0 spiro atoms. The van der Waals surface area contributed by atoms with Gasteiger partial charge < -0.3 is 10.2 Å². The average Bonchev–Trinajstić information content (AvgIpc) is 3.04. The predicted molar refractivity (Wildman–Crippen MR) is 88.5 cm³/mol. The van der Waals surface area contributed by atoms with Crippen molar-refractivity contribution in [2.45, 2.75) is 6.42 Å². The molecule has 0 unspecified atom stereocenters. The van der Waals surface area contributed by atoms with Crippen LogP contribution in [0.25, 0.3) is 9.88 Å². The Morgan fingerprint density at radius 3 is 2.71 bits per heavy atom. The van der Waals surface area contributed by atoms with Crippen molar-refractivity contribution in [1.82, 2.24) is 15.2 Å². The minimum Gasteiger partial charge on any atom is -0.347 e. The smallest absolute Gasteiger partial charge is 0.241 e. The van der Waals surface area contributed by atoms with Crippen LogP contribution in [0.15, 0.2) is 21.3 Å². The summed E-state index contributed by atoms with van der Waals surface area (Å²) in [6.45, 7) is 0.0146. The number of nitrogens with zero attached hydrogens (tertiary/aromatic N) is 2. The van der Waals surface area contributed by atoms with E-state index >= 15 is 0 Å². The Kier molecular flexibility index (Phi) is 5.49. The maximum Gasteiger partial charge on any atom is 0.241 e. The lowest BCUT2D eigenvalue weighted by atomic mass is 10.3. The second kappa shape index (κ2) is 7.15. The van der Waals surface area contributed by atoms with Crippen LogP contribution in [0.1, 0.15) is 5.69 Å². The third-order valence-corrected chi connectivity index (χ3v) is 5.36. The van der Waals surface area contributed by atoms with Crippen LogP contribution >= 0.6 is 38.6 Å². The molecule has 5 nitrogen and oxygen atoms in total. The summed E-state index contributed by atoms with van der Waals surface area (Å²) in [4.78, 5) is 30.1. The Hall–Kier alpha value is -1.25. The van der Waals surface area contributed by atoms with Gasteiger partial charge in [-0.05, 0) is 22.0 Å². The van der Waals surface area contributed by atoms with Gasteiger partial charge in [0.25, 0.3) is 0 Å². The third kappa shape index (κ3) is 4.62. The van der Waals surface area contributed by atoms with Crippen molar-refractivity contribution in [2.75, 3.05) is 20.6 Å². The molecule has 2 aromatic heterocycles. The van der Waals surface area contributed by atoms with Gasteiger partial charge in [-0.25, -0.2) is 4.98 Å². The molecule has 112 valence electrons. The van der Waals surface area contributed by atoms with Crippen molar-refractivity contribution in [3.05, 3.63) is 27.0 Å². The maximum absolute atomic E-state index is 11.8. The van der Waals surface area contributed by atoms with Crippen molar-refractivity contribution in [2.24, 2.45) is 0 Å². The highest BCUT2D eigenvalue weighted by Crippen LogP contribution is 2.31. The molecule has 0 saturated carbocycles. The first kappa shape index (κ1) is 16.1. The van der Waals surface area contributed by atoms with E-state index in [4.69, 9.17) is 0 Å². The zero-order valence-electron chi connectivity index (χ0n) is 11.6. The van der Waals surface area contributed by atoms with E-state index in [0.29, 0.717) is 5.69 Å². The molecule has 0 atom stereocenters. The summed E-state index contributed by atoms with van der Waals surface area (Å²) in [5, 5.41) is 7.36. The Balaban J connectivity index is 1.90. The van der Waals surface area contributed by atoms with Crippen molar-refractivity contribution in [3.8, 4) is 9.88 Å². The molecule has 0 aliphatic carbocycles. The lowest BCUT2D eigenvalue weighted by molar-refractivity contribution is -0.130. The van der Waals surface area contributed by atoms with Crippen LogP contribution in [0.2, 0.25) is 0 Å². The lowest BCUT2D eigenvalue weighted by Gasteiger charge is -2.10. The van der Waals surface area contributed by atoms with Crippen LogP contribution in [0.4, 0.5) is 0 Å². The number of rotatable bonds is 5. The zero-order valence-corrected chi connectivity index (χ0v) is 14.8. The molecule has 0 aliphatic heterocycles. The molecule has 2 heterocycles. The Labute approximate surface area is 139 Å². The molecule has 0 radical (unpaired) electrons. The maximum atomic E-state index is 11.8. The number of hydrogen-bond acceptors (Lipinski definition) is 5. The molecule has 1 N–H and O–H groups in total. The first-order valence-corrected chi connectivity index (χ1v) is 8.66. The molecule has 0 bridgehead atoms. The number of carbonyl (C=O) groups is 2. The summed E-state index contributed by atoms with van der Waals surface area (Å²) in [6.07, 6.45) is 0.184. The van der Waals surface area contributed by atoms with E-state index in [1.807, 2.05) is 16.8 Å². The number of thiazole rings is 1. The molecule has 8 heteroatoms. The predicted octanol–water partition coefficient (Wildman–Crippen LogP) is 2.38. The zero-order chi connectivity index (χ0) is 15.4. The van der Waals surface area contributed by atoms with E-state index in [2.05, 4.69) is 26.2 Å². The summed E-state index contributed by atoms with van der Waals surface area (Å²) >= 11 is 6.52. The van der Waals surface area contributed by atoms with Gasteiger partial charge in [0.2, 0.25) is 11.8 Å². The number of amides is 2. The number of nitrogens with one attached hydrogen (secondary N) is 1. The number of halogens is 1. The Bertz CT molecular complexity index is 651. The number of aromatic nitrogens is 1. The van der Waals surface area contributed by atoms with Gasteiger partial charge in [0.15, 0.2) is 0 Å². The standard InChI is InChI=1S/C13H14BrN3O2S2/c1-17(2)12(19)5-15-11(18)4-9-7-21-13(16-9)10-3-8(14)6-20-10/h3,6-7H,4-5H2,1-2H3,(H,15,18). The highest BCUT2D eigenvalue weighted by atomic mass is 79.9. The first-order chi connectivity index (χ1) is 9.95. The molecule has 0 aromatic carbocycles. The number of carbonyl (C=O) groups excluding carboxylic acids is 2. The number of likely N-dealkylation sites (N-methyl/N-ethyl adjacent to an activating group) is 1. The molecule has 0 fully saturated rings. The monoisotopic (exact) mass is 387 g/mol. The van der Waals surface area contributed by atoms with Gasteiger partial charge in [-0.3, -0.25) is 9.59 Å². The Morgan fingerprint density at radius 2 is 2.10 bits per heavy atom. The molecule has 0 saturated heterocycles. The fourth-order valence-electron chi connectivity index (χ4n) is 1.49. The van der Waals surface area contributed by atoms with E-state index in [0.717, 1.165) is 14.4 Å². The Morgan fingerprint density at radius 1 is 1.33 bits per heavy atom. The van der Waals surface area contributed by atoms with Crippen LogP contribution in [-0.2, 0) is 16.0 Å². The largest absolute Gasteiger partial charge is 0.347 e. The van der Waals surface area contributed by atoms with Crippen molar-refractivity contribution in [3.63, 3.8) is 0 Å². The second-order valence-corrected chi connectivity index (χ2v) is 7.20. The molecule has 21 heavy (non-hydrogen) atoms. The summed E-state index contributed by atoms with van der Waals surface area (Å²) in [6, 6.07) is 2.00. The first-order valence-electron chi connectivity index (χ1n) is 6.11. The molecule has 2 amide bonds. The number of thiophene rings is 1. The third-order valence-electron chi connectivity index (χ3n) is 2.61. The van der Waals surface area contributed by atoms with E-state index < -0.39 is 0 Å². The van der Waals surface area contributed by atoms with Gasteiger partial charge in [0.1, 0.15) is 5.01 Å². The highest BCUT2D eigenvalue weighted by Gasteiger charge is 2.12. The average molecular weight is 388 g/mol. The minimum atomic E-state index is -0.200. The lowest BCUT2D eigenvalue weighted by Crippen LogP contribution is -2.36. The SMILES string of the molecule is CN(C)C(=O)CNC(=O)Cc1csc(-c2cc(Br)cs2)n1. The molecule has 2 rings (SSSR count). The van der Waals surface area contributed by atoms with E-state index in [9.17, 15) is 9.59 Å². The van der Waals surface area contributed by atoms with E-state index in [-0.39, 0.29) is 24.8 Å². The fraction of sp³-hybridized carbons (Fsp3) is 0.308. The molecular formula is C13H14BrN3O2S2. The minimum absolute atomic E-state index is 0.0146. The number of hydrogen-bond donors (Lipinski definition) is 1. The summed E-state index contributed by atoms with van der Waals surface area (Å²) < 4.78 is 1.03. The van der Waals surface area contributed by atoms with Crippen molar-refractivity contribution in [1.29, 1.82) is 0 Å².